The number of hydrogen-bond acceptors (Lipinski definition) is 5. The van der Waals surface area contributed by atoms with Crippen LogP contribution in [0.4, 0.5) is 0 Å². The number of fused-ring (bicyclic) bond motifs is 1. The van der Waals surface area contributed by atoms with E-state index in [0.717, 1.165) is 0 Å². The third-order valence-electron chi connectivity index (χ3n) is 4.95. The zero-order valence-electron chi connectivity index (χ0n) is 15.7. The second-order valence-electron chi connectivity index (χ2n) is 6.40. The van der Waals surface area contributed by atoms with Crippen LogP contribution in [0.2, 0.25) is 0 Å². The lowest BCUT2D eigenvalue weighted by molar-refractivity contribution is 0.380. The number of rotatable bonds is 5. The molecule has 3 heterocycles. The van der Waals surface area contributed by atoms with Crippen LogP contribution in [0, 0.1) is 0 Å². The molecule has 1 aliphatic heterocycles. The number of aromatic nitrogens is 4. The molecule has 0 aromatic carbocycles. The number of aryl methyl sites for hydroxylation is 3. The van der Waals surface area contributed by atoms with Crippen LogP contribution < -0.4 is 5.56 Å². The first-order valence-electron chi connectivity index (χ1n) is 8.97. The van der Waals surface area contributed by atoms with Crippen LogP contribution in [0.1, 0.15) is 43.4 Å². The molecule has 0 saturated heterocycles. The Bertz CT molecular complexity index is 991. The van der Waals surface area contributed by atoms with Gasteiger partial charge >= 0.3 is 0 Å². The minimum Gasteiger partial charge on any atom is -0.299 e. The fourth-order valence-corrected chi connectivity index (χ4v) is 5.45. The Balaban J connectivity index is 2.03. The van der Waals surface area contributed by atoms with Crippen molar-refractivity contribution < 1.29 is 8.42 Å². The fraction of sp³-hybridized carbons (Fsp3) is 0.588. The Morgan fingerprint density at radius 2 is 1.92 bits per heavy atom. The van der Waals surface area contributed by atoms with Gasteiger partial charge in [-0.3, -0.25) is 14.0 Å². The summed E-state index contributed by atoms with van der Waals surface area (Å²) in [4.78, 5) is 17.1. The van der Waals surface area contributed by atoms with Gasteiger partial charge in [0.15, 0.2) is 0 Å². The predicted molar refractivity (Wildman–Crippen MR) is 97.4 cm³/mol. The van der Waals surface area contributed by atoms with E-state index in [1.165, 1.54) is 10.6 Å². The van der Waals surface area contributed by atoms with E-state index in [4.69, 9.17) is 0 Å². The maximum atomic E-state index is 13.3. The molecule has 0 bridgehead atoms. The van der Waals surface area contributed by atoms with Crippen molar-refractivity contribution in [3.8, 4) is 0 Å². The van der Waals surface area contributed by atoms with Gasteiger partial charge in [-0.2, -0.15) is 9.40 Å². The maximum absolute atomic E-state index is 13.3. The van der Waals surface area contributed by atoms with E-state index in [2.05, 4.69) is 10.1 Å². The van der Waals surface area contributed by atoms with E-state index < -0.39 is 10.0 Å². The summed E-state index contributed by atoms with van der Waals surface area (Å²) in [6.07, 6.45) is 3.01. The van der Waals surface area contributed by atoms with Crippen molar-refractivity contribution in [3.63, 3.8) is 0 Å². The Morgan fingerprint density at radius 3 is 2.54 bits per heavy atom. The van der Waals surface area contributed by atoms with E-state index in [1.807, 2.05) is 20.8 Å². The minimum atomic E-state index is -3.70. The number of sulfonamides is 1. The summed E-state index contributed by atoms with van der Waals surface area (Å²) in [6.45, 7) is 6.67. The highest BCUT2D eigenvalue weighted by Gasteiger charge is 2.35. The molecule has 0 saturated carbocycles. The third kappa shape index (κ3) is 2.88. The first-order valence-corrected chi connectivity index (χ1v) is 10.4. The topological polar surface area (TPSA) is 90.1 Å². The maximum Gasteiger partial charge on any atom is 0.256 e. The monoisotopic (exact) mass is 379 g/mol. The van der Waals surface area contributed by atoms with Crippen molar-refractivity contribution in [3.05, 3.63) is 39.3 Å². The first-order chi connectivity index (χ1) is 12.3. The summed E-state index contributed by atoms with van der Waals surface area (Å²) in [5.41, 5.74) is 2.40. The van der Waals surface area contributed by atoms with E-state index in [0.29, 0.717) is 53.3 Å². The number of hydrogen-bond donors (Lipinski definition) is 0. The molecule has 8 nitrogen and oxygen atoms in total. The van der Waals surface area contributed by atoms with E-state index >= 15 is 0 Å². The molecular formula is C17H25N5O3S. The molecule has 2 aromatic rings. The van der Waals surface area contributed by atoms with Gasteiger partial charge in [0, 0.05) is 25.7 Å². The van der Waals surface area contributed by atoms with Crippen LogP contribution in [0.15, 0.2) is 16.0 Å². The highest BCUT2D eigenvalue weighted by molar-refractivity contribution is 7.89. The summed E-state index contributed by atoms with van der Waals surface area (Å²) < 4.78 is 31.3. The molecule has 1 aliphatic rings. The molecule has 3 rings (SSSR count). The summed E-state index contributed by atoms with van der Waals surface area (Å²) in [5, 5.41) is 4.38. The van der Waals surface area contributed by atoms with Crippen LogP contribution in [0.3, 0.4) is 0 Å². The first kappa shape index (κ1) is 18.8. The van der Waals surface area contributed by atoms with Crippen LogP contribution in [0.25, 0.3) is 0 Å². The Hall–Kier alpha value is -2.00. The van der Waals surface area contributed by atoms with Gasteiger partial charge in [0.25, 0.3) is 5.56 Å². The quantitative estimate of drug-likeness (QED) is 0.769. The molecule has 26 heavy (non-hydrogen) atoms. The van der Waals surface area contributed by atoms with Crippen molar-refractivity contribution in [1.29, 1.82) is 0 Å². The van der Waals surface area contributed by atoms with Crippen LogP contribution in [-0.4, -0.2) is 38.6 Å². The fourth-order valence-electron chi connectivity index (χ4n) is 3.51. The van der Waals surface area contributed by atoms with Crippen molar-refractivity contribution >= 4 is 10.0 Å². The smallest absolute Gasteiger partial charge is 0.256 e. The second kappa shape index (κ2) is 6.96. The van der Waals surface area contributed by atoms with Gasteiger partial charge in [0.1, 0.15) is 4.90 Å². The summed E-state index contributed by atoms with van der Waals surface area (Å²) in [5.74, 6) is 0. The lowest BCUT2D eigenvalue weighted by Crippen LogP contribution is -2.40. The van der Waals surface area contributed by atoms with E-state index in [1.54, 1.807) is 16.3 Å². The number of nitrogens with zero attached hydrogens (tertiary/aromatic N) is 5. The summed E-state index contributed by atoms with van der Waals surface area (Å²) in [7, 11) is -1.92. The van der Waals surface area contributed by atoms with Gasteiger partial charge in [-0.15, -0.1) is 0 Å². The SMILES string of the molecule is CCc1nn(C)c(CC)c1S(=O)(=O)N1CCc2c(ncn(CC)c2=O)C1. The van der Waals surface area contributed by atoms with Gasteiger partial charge in [0.2, 0.25) is 10.0 Å². The lowest BCUT2D eigenvalue weighted by Gasteiger charge is -2.27. The second-order valence-corrected chi connectivity index (χ2v) is 8.28. The van der Waals surface area contributed by atoms with E-state index in [9.17, 15) is 13.2 Å². The zero-order chi connectivity index (χ0) is 19.1. The average Bonchev–Trinajstić information content (AvgIpc) is 2.98. The van der Waals surface area contributed by atoms with Crippen LogP contribution in [0.5, 0.6) is 0 Å². The van der Waals surface area contributed by atoms with Gasteiger partial charge in [-0.25, -0.2) is 13.4 Å². The minimum absolute atomic E-state index is 0.0700. The Labute approximate surface area is 153 Å². The van der Waals surface area contributed by atoms with Crippen molar-refractivity contribution in [1.82, 2.24) is 23.6 Å². The van der Waals surface area contributed by atoms with Crippen molar-refractivity contribution in [2.75, 3.05) is 6.54 Å². The lowest BCUT2D eigenvalue weighted by atomic mass is 10.1. The highest BCUT2D eigenvalue weighted by atomic mass is 32.2. The summed E-state index contributed by atoms with van der Waals surface area (Å²) in [6, 6.07) is 0. The molecule has 0 spiro atoms. The standard InChI is InChI=1S/C17H25N5O3S/c1-5-13-16(15(6-2)20(4)19-13)26(24,25)22-9-8-12-14(10-22)18-11-21(7-3)17(12)23/h11H,5-10H2,1-4H3. The molecule has 0 radical (unpaired) electrons. The molecule has 0 aliphatic carbocycles. The molecule has 0 atom stereocenters. The van der Waals surface area contributed by atoms with Gasteiger partial charge < -0.3 is 0 Å². The van der Waals surface area contributed by atoms with Gasteiger partial charge in [-0.1, -0.05) is 13.8 Å². The van der Waals surface area contributed by atoms with Crippen LogP contribution >= 0.6 is 0 Å². The van der Waals surface area contributed by atoms with Gasteiger partial charge in [-0.05, 0) is 26.2 Å². The average molecular weight is 379 g/mol. The van der Waals surface area contributed by atoms with Crippen molar-refractivity contribution in [2.45, 2.75) is 58.0 Å². The van der Waals surface area contributed by atoms with Gasteiger partial charge in [0.05, 0.1) is 30.0 Å². The molecular weight excluding hydrogens is 354 g/mol. The molecule has 0 amide bonds. The largest absolute Gasteiger partial charge is 0.299 e. The third-order valence-corrected chi connectivity index (χ3v) is 6.93. The molecule has 0 unspecified atom stereocenters. The molecule has 9 heteroatoms. The summed E-state index contributed by atoms with van der Waals surface area (Å²) >= 11 is 0. The molecule has 0 N–H and O–H groups in total. The van der Waals surface area contributed by atoms with Crippen molar-refractivity contribution in [2.24, 2.45) is 7.05 Å². The van der Waals surface area contributed by atoms with E-state index in [-0.39, 0.29) is 18.6 Å². The molecule has 0 fully saturated rings. The highest BCUT2D eigenvalue weighted by Crippen LogP contribution is 2.28. The Morgan fingerprint density at radius 1 is 1.19 bits per heavy atom. The Kier molecular flexibility index (Phi) is 5.03. The molecule has 142 valence electrons. The molecule has 2 aromatic heterocycles. The predicted octanol–water partition coefficient (Wildman–Crippen LogP) is 0.869. The normalized spacial score (nSPS) is 15.2. The zero-order valence-corrected chi connectivity index (χ0v) is 16.5. The van der Waals surface area contributed by atoms with Crippen LogP contribution in [-0.2, 0) is 49.4 Å².